The number of amides is 1. The van der Waals surface area contributed by atoms with Gasteiger partial charge >= 0.3 is 6.09 Å². The van der Waals surface area contributed by atoms with Crippen molar-refractivity contribution in [3.63, 3.8) is 0 Å². The summed E-state index contributed by atoms with van der Waals surface area (Å²) < 4.78 is 0. The number of carbonyl (C=O) groups is 1. The van der Waals surface area contributed by atoms with Crippen molar-refractivity contribution in [3.8, 4) is 0 Å². The van der Waals surface area contributed by atoms with Gasteiger partial charge in [0.15, 0.2) is 0 Å². The van der Waals surface area contributed by atoms with Crippen molar-refractivity contribution in [2.45, 2.75) is 31.3 Å². The van der Waals surface area contributed by atoms with Crippen LogP contribution in [-0.2, 0) is 0 Å². The second-order valence-electron chi connectivity index (χ2n) is 2.95. The molecular weight excluding hydrogens is 144 g/mol. The summed E-state index contributed by atoms with van der Waals surface area (Å²) in [6.07, 6.45) is 2.04. The Hall–Kier alpha value is -0.770. The number of rotatable bonds is 2. The first-order valence-electron chi connectivity index (χ1n) is 3.89. The van der Waals surface area contributed by atoms with Crippen LogP contribution in [-0.4, -0.2) is 30.3 Å². The van der Waals surface area contributed by atoms with Crippen molar-refractivity contribution in [2.75, 3.05) is 7.05 Å². The molecule has 4 heteroatoms. The lowest BCUT2D eigenvalue weighted by molar-refractivity contribution is 0.190. The van der Waals surface area contributed by atoms with E-state index in [4.69, 9.17) is 5.11 Å². The third-order valence-electron chi connectivity index (χ3n) is 2.17. The van der Waals surface area contributed by atoms with Crippen molar-refractivity contribution in [1.29, 1.82) is 0 Å². The van der Waals surface area contributed by atoms with E-state index in [2.05, 4.69) is 10.6 Å². The van der Waals surface area contributed by atoms with E-state index in [-0.39, 0.29) is 6.04 Å². The van der Waals surface area contributed by atoms with E-state index in [0.29, 0.717) is 6.04 Å². The molecule has 1 amide bonds. The third kappa shape index (κ3) is 2.38. The van der Waals surface area contributed by atoms with Crippen molar-refractivity contribution < 1.29 is 9.90 Å². The van der Waals surface area contributed by atoms with Gasteiger partial charge in [-0.1, -0.05) is 0 Å². The van der Waals surface area contributed by atoms with E-state index in [9.17, 15) is 4.79 Å². The molecule has 0 bridgehead atoms. The van der Waals surface area contributed by atoms with Gasteiger partial charge in [-0.15, -0.1) is 0 Å². The molecule has 2 unspecified atom stereocenters. The molecule has 1 aliphatic carbocycles. The van der Waals surface area contributed by atoms with Gasteiger partial charge in [0, 0.05) is 12.1 Å². The monoisotopic (exact) mass is 158 g/mol. The van der Waals surface area contributed by atoms with Gasteiger partial charge in [0.05, 0.1) is 0 Å². The Morgan fingerprint density at radius 3 is 2.55 bits per heavy atom. The SMILES string of the molecule is CNC1CCC(NC(=O)O)C1. The molecule has 0 aromatic carbocycles. The summed E-state index contributed by atoms with van der Waals surface area (Å²) >= 11 is 0. The molecule has 0 aromatic heterocycles. The fourth-order valence-corrected chi connectivity index (χ4v) is 1.55. The van der Waals surface area contributed by atoms with Crippen LogP contribution in [0.3, 0.4) is 0 Å². The van der Waals surface area contributed by atoms with Gasteiger partial charge in [0.1, 0.15) is 0 Å². The van der Waals surface area contributed by atoms with Crippen molar-refractivity contribution >= 4 is 6.09 Å². The van der Waals surface area contributed by atoms with Crippen LogP contribution in [0.2, 0.25) is 0 Å². The van der Waals surface area contributed by atoms with Gasteiger partial charge in [-0.2, -0.15) is 0 Å². The summed E-state index contributed by atoms with van der Waals surface area (Å²) in [6, 6.07) is 0.650. The Labute approximate surface area is 66.0 Å². The molecule has 64 valence electrons. The van der Waals surface area contributed by atoms with Crippen LogP contribution in [0.25, 0.3) is 0 Å². The quantitative estimate of drug-likeness (QED) is 0.545. The summed E-state index contributed by atoms with van der Waals surface area (Å²) in [4.78, 5) is 10.2. The predicted molar refractivity (Wildman–Crippen MR) is 41.6 cm³/mol. The summed E-state index contributed by atoms with van der Waals surface area (Å²) in [7, 11) is 1.91. The standard InChI is InChI=1S/C7H14N2O2/c1-8-5-2-3-6(4-5)9-7(10)11/h5-6,8-9H,2-4H2,1H3,(H,10,11). The highest BCUT2D eigenvalue weighted by molar-refractivity contribution is 5.64. The summed E-state index contributed by atoms with van der Waals surface area (Å²) in [5.74, 6) is 0. The Morgan fingerprint density at radius 1 is 1.45 bits per heavy atom. The molecule has 0 heterocycles. The normalized spacial score (nSPS) is 30.3. The number of hydrogen-bond donors (Lipinski definition) is 3. The molecule has 0 aliphatic heterocycles. The van der Waals surface area contributed by atoms with Gasteiger partial charge in [0.25, 0.3) is 0 Å². The van der Waals surface area contributed by atoms with E-state index < -0.39 is 6.09 Å². The molecule has 1 saturated carbocycles. The number of carboxylic acid groups (broad SMARTS) is 1. The maximum Gasteiger partial charge on any atom is 0.404 e. The minimum Gasteiger partial charge on any atom is -0.465 e. The zero-order valence-electron chi connectivity index (χ0n) is 6.63. The lowest BCUT2D eigenvalue weighted by atomic mass is 10.2. The molecule has 0 saturated heterocycles. The van der Waals surface area contributed by atoms with Crippen LogP contribution in [0, 0.1) is 0 Å². The summed E-state index contributed by atoms with van der Waals surface area (Å²) in [6.45, 7) is 0. The smallest absolute Gasteiger partial charge is 0.404 e. The van der Waals surface area contributed by atoms with Crippen LogP contribution in [0.5, 0.6) is 0 Å². The molecule has 1 fully saturated rings. The summed E-state index contributed by atoms with van der Waals surface area (Å²) in [5.41, 5.74) is 0. The molecule has 3 N–H and O–H groups in total. The first-order valence-corrected chi connectivity index (χ1v) is 3.89. The maximum atomic E-state index is 10.2. The highest BCUT2D eigenvalue weighted by Crippen LogP contribution is 2.18. The van der Waals surface area contributed by atoms with Gasteiger partial charge in [-0.25, -0.2) is 4.79 Å². The van der Waals surface area contributed by atoms with Crippen LogP contribution in [0.15, 0.2) is 0 Å². The second-order valence-corrected chi connectivity index (χ2v) is 2.95. The van der Waals surface area contributed by atoms with Gasteiger partial charge < -0.3 is 15.7 Å². The second kappa shape index (κ2) is 3.57. The van der Waals surface area contributed by atoms with Crippen molar-refractivity contribution in [2.24, 2.45) is 0 Å². The lowest BCUT2D eigenvalue weighted by Crippen LogP contribution is -2.33. The van der Waals surface area contributed by atoms with E-state index in [0.717, 1.165) is 19.3 Å². The van der Waals surface area contributed by atoms with E-state index in [1.807, 2.05) is 7.05 Å². The Bertz CT molecular complexity index is 149. The largest absolute Gasteiger partial charge is 0.465 e. The maximum absolute atomic E-state index is 10.2. The molecule has 0 spiro atoms. The van der Waals surface area contributed by atoms with Gasteiger partial charge in [0.2, 0.25) is 0 Å². The Balaban J connectivity index is 2.24. The minimum atomic E-state index is -0.910. The van der Waals surface area contributed by atoms with Crippen LogP contribution in [0.1, 0.15) is 19.3 Å². The third-order valence-corrected chi connectivity index (χ3v) is 2.17. The number of hydrogen-bond acceptors (Lipinski definition) is 2. The molecule has 2 atom stereocenters. The Kier molecular flexibility index (Phi) is 2.70. The zero-order valence-corrected chi connectivity index (χ0v) is 6.63. The first-order chi connectivity index (χ1) is 5.22. The molecular formula is C7H14N2O2. The molecule has 1 rings (SSSR count). The van der Waals surface area contributed by atoms with E-state index in [1.54, 1.807) is 0 Å². The minimum absolute atomic E-state index is 0.157. The van der Waals surface area contributed by atoms with E-state index >= 15 is 0 Å². The fraction of sp³-hybridized carbons (Fsp3) is 0.857. The topological polar surface area (TPSA) is 61.4 Å². The average molecular weight is 158 g/mol. The molecule has 0 aromatic rings. The highest BCUT2D eigenvalue weighted by atomic mass is 16.4. The molecule has 11 heavy (non-hydrogen) atoms. The Morgan fingerprint density at radius 2 is 2.09 bits per heavy atom. The number of nitrogens with one attached hydrogen (secondary N) is 2. The van der Waals surface area contributed by atoms with Crippen molar-refractivity contribution in [1.82, 2.24) is 10.6 Å². The lowest BCUT2D eigenvalue weighted by Gasteiger charge is -2.09. The molecule has 1 aliphatic rings. The van der Waals surface area contributed by atoms with Gasteiger partial charge in [-0.05, 0) is 26.3 Å². The molecule has 4 nitrogen and oxygen atoms in total. The van der Waals surface area contributed by atoms with Crippen molar-refractivity contribution in [3.05, 3.63) is 0 Å². The van der Waals surface area contributed by atoms with E-state index in [1.165, 1.54) is 0 Å². The summed E-state index contributed by atoms with van der Waals surface area (Å²) in [5, 5.41) is 14.0. The highest BCUT2D eigenvalue weighted by Gasteiger charge is 2.23. The van der Waals surface area contributed by atoms with Gasteiger partial charge in [-0.3, -0.25) is 0 Å². The fourth-order valence-electron chi connectivity index (χ4n) is 1.55. The predicted octanol–water partition coefficient (Wildman–Crippen LogP) is 0.394. The van der Waals surface area contributed by atoms with Crippen LogP contribution >= 0.6 is 0 Å². The molecule has 0 radical (unpaired) electrons. The first kappa shape index (κ1) is 8.33. The zero-order chi connectivity index (χ0) is 8.27. The average Bonchev–Trinajstić information content (AvgIpc) is 2.34. The van der Waals surface area contributed by atoms with Crippen LogP contribution in [0.4, 0.5) is 4.79 Å². The van der Waals surface area contributed by atoms with Crippen LogP contribution < -0.4 is 10.6 Å².